The first kappa shape index (κ1) is 31.7. The van der Waals surface area contributed by atoms with Gasteiger partial charge in [-0.25, -0.2) is 22.5 Å². The number of aliphatic hydroxyl groups is 1. The monoisotopic (exact) mass is 630 g/mol. The summed E-state index contributed by atoms with van der Waals surface area (Å²) in [4.78, 5) is 20.6. The van der Waals surface area contributed by atoms with Crippen molar-refractivity contribution < 1.29 is 40.6 Å². The summed E-state index contributed by atoms with van der Waals surface area (Å²) in [6.07, 6.45) is -3.31. The van der Waals surface area contributed by atoms with Gasteiger partial charge in [-0.05, 0) is 77.7 Å². The van der Waals surface area contributed by atoms with Crippen molar-refractivity contribution in [2.24, 2.45) is 0 Å². The Labute approximate surface area is 251 Å². The highest BCUT2D eigenvalue weighted by Crippen LogP contribution is 2.30. The average Bonchev–Trinajstić information content (AvgIpc) is 3.44. The SMILES string of the molecule is O=C(N[C@@H](Cc1cc(F)cc(F)c1)[C@H](O)CNCc1cc(F)cc(C(F)(F)F)c1)c1cc(-c2cnc3[nH]ccc3c2)ccc1F. The third-order valence-corrected chi connectivity index (χ3v) is 7.07. The highest BCUT2D eigenvalue weighted by atomic mass is 19.4. The molecule has 0 aliphatic heterocycles. The van der Waals surface area contributed by atoms with Crippen LogP contribution in [0.15, 0.2) is 79.1 Å². The van der Waals surface area contributed by atoms with E-state index in [4.69, 9.17) is 0 Å². The fourth-order valence-electron chi connectivity index (χ4n) is 4.91. The fraction of sp³-hybridized carbons (Fsp3) is 0.188. The number of fused-ring (bicyclic) bond motifs is 1. The molecule has 0 spiro atoms. The number of aromatic amines is 1. The lowest BCUT2D eigenvalue weighted by Gasteiger charge is -2.25. The van der Waals surface area contributed by atoms with Crippen LogP contribution >= 0.6 is 0 Å². The smallest absolute Gasteiger partial charge is 0.390 e. The van der Waals surface area contributed by atoms with Gasteiger partial charge in [-0.3, -0.25) is 4.79 Å². The molecule has 4 N–H and O–H groups in total. The Kier molecular flexibility index (Phi) is 9.21. The van der Waals surface area contributed by atoms with Crippen molar-refractivity contribution in [2.45, 2.75) is 31.3 Å². The van der Waals surface area contributed by atoms with Gasteiger partial charge in [0.15, 0.2) is 0 Å². The molecule has 2 heterocycles. The van der Waals surface area contributed by atoms with Crippen LogP contribution in [0.25, 0.3) is 22.2 Å². The number of benzene rings is 3. The van der Waals surface area contributed by atoms with Gasteiger partial charge in [0.1, 0.15) is 28.9 Å². The summed E-state index contributed by atoms with van der Waals surface area (Å²) >= 11 is 0. The van der Waals surface area contributed by atoms with Crippen LogP contribution in [-0.2, 0) is 19.1 Å². The average molecular weight is 631 g/mol. The molecule has 0 bridgehead atoms. The maximum atomic E-state index is 14.9. The second-order valence-corrected chi connectivity index (χ2v) is 10.4. The van der Waals surface area contributed by atoms with Crippen molar-refractivity contribution >= 4 is 16.9 Å². The van der Waals surface area contributed by atoms with E-state index in [1.807, 2.05) is 0 Å². The largest absolute Gasteiger partial charge is 0.416 e. The number of nitrogens with zero attached hydrogens (tertiary/aromatic N) is 1. The molecule has 2 aromatic heterocycles. The van der Waals surface area contributed by atoms with Crippen LogP contribution in [0.5, 0.6) is 0 Å². The molecule has 0 aliphatic rings. The second kappa shape index (κ2) is 13.1. The minimum atomic E-state index is -4.77. The summed E-state index contributed by atoms with van der Waals surface area (Å²) in [6.45, 7) is -0.630. The molecule has 1 amide bonds. The van der Waals surface area contributed by atoms with E-state index < -0.39 is 53.1 Å². The molecule has 13 heteroatoms. The van der Waals surface area contributed by atoms with Gasteiger partial charge in [0.25, 0.3) is 5.91 Å². The van der Waals surface area contributed by atoms with Gasteiger partial charge in [0, 0.05) is 42.5 Å². The number of rotatable bonds is 10. The third-order valence-electron chi connectivity index (χ3n) is 7.07. The lowest BCUT2D eigenvalue weighted by atomic mass is 9.99. The molecule has 0 aliphatic carbocycles. The lowest BCUT2D eigenvalue weighted by Crippen LogP contribution is -2.48. The molecular weight excluding hydrogens is 605 g/mol. The Bertz CT molecular complexity index is 1820. The van der Waals surface area contributed by atoms with Gasteiger partial charge in [0.05, 0.1) is 23.3 Å². The molecule has 5 aromatic rings. The van der Waals surface area contributed by atoms with E-state index in [1.54, 1.807) is 24.5 Å². The van der Waals surface area contributed by atoms with E-state index in [-0.39, 0.29) is 36.2 Å². The zero-order chi connectivity index (χ0) is 32.3. The number of aliphatic hydroxyl groups excluding tert-OH is 1. The first-order valence-electron chi connectivity index (χ1n) is 13.6. The van der Waals surface area contributed by atoms with Crippen LogP contribution in [0.3, 0.4) is 0 Å². The molecular formula is C32H25F7N4O2. The molecule has 2 atom stereocenters. The van der Waals surface area contributed by atoms with E-state index >= 15 is 0 Å². The van der Waals surface area contributed by atoms with E-state index in [0.29, 0.717) is 28.9 Å². The Morgan fingerprint density at radius 1 is 0.867 bits per heavy atom. The van der Waals surface area contributed by atoms with Gasteiger partial charge in [-0.1, -0.05) is 6.07 Å². The number of aromatic nitrogens is 2. The maximum Gasteiger partial charge on any atom is 0.416 e. The van der Waals surface area contributed by atoms with Gasteiger partial charge >= 0.3 is 6.18 Å². The normalized spacial score (nSPS) is 13.2. The van der Waals surface area contributed by atoms with Gasteiger partial charge < -0.3 is 20.7 Å². The number of amides is 1. The number of H-pyrrole nitrogens is 1. The molecule has 6 nitrogen and oxygen atoms in total. The third kappa shape index (κ3) is 7.86. The lowest BCUT2D eigenvalue weighted by molar-refractivity contribution is -0.137. The zero-order valence-electron chi connectivity index (χ0n) is 23.2. The summed E-state index contributed by atoms with van der Waals surface area (Å²) in [5.74, 6) is -4.72. The first-order valence-corrected chi connectivity index (χ1v) is 13.6. The molecule has 0 radical (unpaired) electrons. The van der Waals surface area contributed by atoms with Crippen LogP contribution in [0.2, 0.25) is 0 Å². The number of hydrogen-bond donors (Lipinski definition) is 4. The number of nitrogens with one attached hydrogen (secondary N) is 3. The van der Waals surface area contributed by atoms with Crippen molar-refractivity contribution in [3.63, 3.8) is 0 Å². The Morgan fingerprint density at radius 2 is 1.58 bits per heavy atom. The first-order chi connectivity index (χ1) is 21.4. The number of carbonyl (C=O) groups excluding carboxylic acids is 1. The maximum absolute atomic E-state index is 14.9. The number of pyridine rings is 1. The summed E-state index contributed by atoms with van der Waals surface area (Å²) in [6, 6.07) is 10.8. The minimum absolute atomic E-state index is 0.0616. The zero-order valence-corrected chi connectivity index (χ0v) is 23.2. The fourth-order valence-corrected chi connectivity index (χ4v) is 4.91. The molecule has 0 fully saturated rings. The molecule has 5 rings (SSSR count). The van der Waals surface area contributed by atoms with E-state index in [9.17, 15) is 40.6 Å². The van der Waals surface area contributed by atoms with Crippen LogP contribution in [-0.4, -0.2) is 39.7 Å². The Hall–Kier alpha value is -4.75. The quantitative estimate of drug-likeness (QED) is 0.137. The Balaban J connectivity index is 1.35. The van der Waals surface area contributed by atoms with Crippen LogP contribution in [0, 0.1) is 23.3 Å². The van der Waals surface area contributed by atoms with E-state index in [2.05, 4.69) is 20.6 Å². The van der Waals surface area contributed by atoms with Crippen LogP contribution in [0.4, 0.5) is 30.7 Å². The van der Waals surface area contributed by atoms with Crippen molar-refractivity contribution in [3.8, 4) is 11.1 Å². The summed E-state index contributed by atoms with van der Waals surface area (Å²) in [7, 11) is 0. The van der Waals surface area contributed by atoms with Crippen LogP contribution in [0.1, 0.15) is 27.0 Å². The predicted octanol–water partition coefficient (Wildman–Crippen LogP) is 6.30. The molecule has 3 aromatic carbocycles. The van der Waals surface area contributed by atoms with Gasteiger partial charge in [-0.2, -0.15) is 13.2 Å². The van der Waals surface area contributed by atoms with E-state index in [0.717, 1.165) is 35.7 Å². The standard InChI is InChI=1S/C32H25F7N4O2/c33-23-8-18(5-22(12-23)32(37,38)39)14-40-16-29(44)28(9-17-6-24(34)13-25(35)7-17)43-31(45)26-11-19(1-2-27(26)36)21-10-20-3-4-41-30(20)42-15-21/h1-8,10-13,15,28-29,40,44H,9,14,16H2,(H,41,42)(H,43,45)/t28-,29+/m0/s1. The molecule has 0 unspecified atom stereocenters. The van der Waals surface area contributed by atoms with Crippen molar-refractivity contribution in [3.05, 3.63) is 125 Å². The highest BCUT2D eigenvalue weighted by molar-refractivity contribution is 5.96. The van der Waals surface area contributed by atoms with Crippen molar-refractivity contribution in [1.82, 2.24) is 20.6 Å². The molecule has 0 saturated heterocycles. The van der Waals surface area contributed by atoms with Crippen molar-refractivity contribution in [2.75, 3.05) is 6.54 Å². The molecule has 234 valence electrons. The van der Waals surface area contributed by atoms with Crippen molar-refractivity contribution in [1.29, 1.82) is 0 Å². The van der Waals surface area contributed by atoms with Crippen LogP contribution < -0.4 is 10.6 Å². The Morgan fingerprint density at radius 3 is 2.31 bits per heavy atom. The highest BCUT2D eigenvalue weighted by Gasteiger charge is 2.31. The predicted molar refractivity (Wildman–Crippen MR) is 152 cm³/mol. The number of hydrogen-bond acceptors (Lipinski definition) is 4. The second-order valence-electron chi connectivity index (χ2n) is 10.4. The number of halogens is 7. The summed E-state index contributed by atoms with van der Waals surface area (Å²) in [5, 5.41) is 17.0. The number of alkyl halides is 3. The van der Waals surface area contributed by atoms with Gasteiger partial charge in [-0.15, -0.1) is 0 Å². The topological polar surface area (TPSA) is 90.0 Å². The molecule has 0 saturated carbocycles. The van der Waals surface area contributed by atoms with E-state index in [1.165, 1.54) is 12.1 Å². The minimum Gasteiger partial charge on any atom is -0.390 e. The van der Waals surface area contributed by atoms with Gasteiger partial charge in [0.2, 0.25) is 0 Å². The summed E-state index contributed by atoms with van der Waals surface area (Å²) in [5.41, 5.74) is 0.138. The number of carbonyl (C=O) groups is 1. The summed E-state index contributed by atoms with van der Waals surface area (Å²) < 4.78 is 95.7. The molecule has 45 heavy (non-hydrogen) atoms.